The molecule has 5 heteroatoms. The molecule has 0 atom stereocenters. The Morgan fingerprint density at radius 1 is 1.19 bits per heavy atom. The molecule has 0 radical (unpaired) electrons. The van der Waals surface area contributed by atoms with Crippen LogP contribution in [0.5, 0.6) is 0 Å². The van der Waals surface area contributed by atoms with E-state index in [2.05, 4.69) is 0 Å². The molecule has 1 fully saturated rings. The van der Waals surface area contributed by atoms with E-state index >= 15 is 0 Å². The molecule has 114 valence electrons. The van der Waals surface area contributed by atoms with Crippen molar-refractivity contribution < 1.29 is 19.1 Å². The zero-order chi connectivity index (χ0) is 15.2. The quantitative estimate of drug-likeness (QED) is 0.795. The fourth-order valence-corrected chi connectivity index (χ4v) is 2.67. The van der Waals surface area contributed by atoms with Crippen molar-refractivity contribution in [2.45, 2.75) is 19.4 Å². The smallest absolute Gasteiger partial charge is 0.308 e. The number of rotatable bonds is 4. The monoisotopic (exact) mass is 291 g/mol. The normalized spacial score (nSPS) is 15.8. The van der Waals surface area contributed by atoms with Crippen molar-refractivity contribution in [3.8, 4) is 0 Å². The number of hydrogen-bond donors (Lipinski definition) is 0. The third-order valence-electron chi connectivity index (χ3n) is 3.86. The summed E-state index contributed by atoms with van der Waals surface area (Å²) in [5.41, 5.74) is 1.57. The van der Waals surface area contributed by atoms with Crippen molar-refractivity contribution in [3.63, 3.8) is 0 Å². The Labute approximate surface area is 124 Å². The van der Waals surface area contributed by atoms with Crippen LogP contribution in [-0.4, -0.2) is 44.1 Å². The number of likely N-dealkylation sites (tertiary alicyclic amines) is 1. The van der Waals surface area contributed by atoms with E-state index in [1.165, 1.54) is 7.11 Å². The predicted molar refractivity (Wildman–Crippen MR) is 77.8 cm³/mol. The van der Waals surface area contributed by atoms with Gasteiger partial charge in [0.15, 0.2) is 0 Å². The molecule has 0 aliphatic carbocycles. The van der Waals surface area contributed by atoms with Gasteiger partial charge >= 0.3 is 5.97 Å². The zero-order valence-electron chi connectivity index (χ0n) is 12.5. The van der Waals surface area contributed by atoms with Gasteiger partial charge < -0.3 is 14.4 Å². The van der Waals surface area contributed by atoms with Gasteiger partial charge in [0.05, 0.1) is 19.6 Å². The number of hydrogen-bond acceptors (Lipinski definition) is 4. The highest BCUT2D eigenvalue weighted by molar-refractivity contribution is 5.95. The molecule has 1 aromatic carbocycles. The van der Waals surface area contributed by atoms with E-state index in [1.807, 2.05) is 24.3 Å². The number of esters is 1. The minimum Gasteiger partial charge on any atom is -0.469 e. The Bertz CT molecular complexity index is 507. The van der Waals surface area contributed by atoms with Crippen molar-refractivity contribution >= 4 is 11.9 Å². The summed E-state index contributed by atoms with van der Waals surface area (Å²) in [5, 5.41) is 0. The first-order valence-electron chi connectivity index (χ1n) is 7.11. The summed E-state index contributed by atoms with van der Waals surface area (Å²) >= 11 is 0. The number of benzene rings is 1. The topological polar surface area (TPSA) is 55.8 Å². The summed E-state index contributed by atoms with van der Waals surface area (Å²) in [5.74, 6) is -0.263. The summed E-state index contributed by atoms with van der Waals surface area (Å²) < 4.78 is 9.90. The maximum absolute atomic E-state index is 12.6. The van der Waals surface area contributed by atoms with Gasteiger partial charge in [-0.25, -0.2) is 0 Å². The molecule has 2 rings (SSSR count). The highest BCUT2D eigenvalue weighted by Gasteiger charge is 2.28. The molecular formula is C16H21NO4. The van der Waals surface area contributed by atoms with Crippen LogP contribution < -0.4 is 0 Å². The molecule has 21 heavy (non-hydrogen) atoms. The van der Waals surface area contributed by atoms with Crippen LogP contribution in [0.15, 0.2) is 24.3 Å². The standard InChI is InChI=1S/C16H21NO4/c1-20-11-13-5-3-4-6-14(13)15(18)17-9-7-12(8-10-17)16(19)21-2/h3-6,12H,7-11H2,1-2H3. The Kier molecular flexibility index (Phi) is 5.33. The van der Waals surface area contributed by atoms with Crippen molar-refractivity contribution in [2.24, 2.45) is 5.92 Å². The number of carbonyl (C=O) groups is 2. The van der Waals surface area contributed by atoms with Crippen LogP contribution in [0.4, 0.5) is 0 Å². The maximum atomic E-state index is 12.6. The minimum absolute atomic E-state index is 0.00552. The molecule has 5 nitrogen and oxygen atoms in total. The fourth-order valence-electron chi connectivity index (χ4n) is 2.67. The molecule has 1 aliphatic heterocycles. The molecule has 1 saturated heterocycles. The number of nitrogens with zero attached hydrogens (tertiary/aromatic N) is 1. The van der Waals surface area contributed by atoms with E-state index in [4.69, 9.17) is 9.47 Å². The summed E-state index contributed by atoms with van der Waals surface area (Å²) in [6, 6.07) is 7.48. The molecule has 0 N–H and O–H groups in total. The molecule has 0 unspecified atom stereocenters. The van der Waals surface area contributed by atoms with Crippen LogP contribution in [0.1, 0.15) is 28.8 Å². The second kappa shape index (κ2) is 7.22. The van der Waals surface area contributed by atoms with Crippen LogP contribution in [0.2, 0.25) is 0 Å². The number of piperidine rings is 1. The molecule has 1 amide bonds. The minimum atomic E-state index is -0.179. The molecule has 0 bridgehead atoms. The van der Waals surface area contributed by atoms with Crippen molar-refractivity contribution in [1.29, 1.82) is 0 Å². The summed E-state index contributed by atoms with van der Waals surface area (Å²) in [4.78, 5) is 25.9. The Balaban J connectivity index is 2.04. The van der Waals surface area contributed by atoms with Gasteiger partial charge in [0, 0.05) is 25.8 Å². The van der Waals surface area contributed by atoms with E-state index in [9.17, 15) is 9.59 Å². The third-order valence-corrected chi connectivity index (χ3v) is 3.86. The molecule has 0 aromatic heterocycles. The van der Waals surface area contributed by atoms with Gasteiger partial charge in [0.25, 0.3) is 5.91 Å². The predicted octanol–water partition coefficient (Wildman–Crippen LogP) is 1.86. The summed E-state index contributed by atoms with van der Waals surface area (Å²) in [7, 11) is 3.02. The molecule has 0 saturated carbocycles. The SMILES string of the molecule is COCc1ccccc1C(=O)N1CCC(C(=O)OC)CC1. The lowest BCUT2D eigenvalue weighted by Gasteiger charge is -2.31. The third kappa shape index (κ3) is 3.61. The summed E-state index contributed by atoms with van der Waals surface area (Å²) in [6.45, 7) is 1.58. The zero-order valence-corrected chi connectivity index (χ0v) is 12.5. The molecule has 1 heterocycles. The van der Waals surface area contributed by atoms with Crippen LogP contribution in [0.25, 0.3) is 0 Å². The van der Waals surface area contributed by atoms with E-state index in [1.54, 1.807) is 12.0 Å². The second-order valence-electron chi connectivity index (χ2n) is 5.18. The summed E-state index contributed by atoms with van der Waals surface area (Å²) in [6.07, 6.45) is 1.32. The van der Waals surface area contributed by atoms with Gasteiger partial charge in [-0.2, -0.15) is 0 Å². The van der Waals surface area contributed by atoms with E-state index in [0.29, 0.717) is 38.1 Å². The van der Waals surface area contributed by atoms with Crippen molar-refractivity contribution in [1.82, 2.24) is 4.90 Å². The lowest BCUT2D eigenvalue weighted by atomic mass is 9.96. The van der Waals surface area contributed by atoms with Crippen molar-refractivity contribution in [2.75, 3.05) is 27.3 Å². The van der Waals surface area contributed by atoms with Gasteiger partial charge in [0.2, 0.25) is 0 Å². The van der Waals surface area contributed by atoms with Gasteiger partial charge in [-0.15, -0.1) is 0 Å². The molecule has 0 spiro atoms. The maximum Gasteiger partial charge on any atom is 0.308 e. The van der Waals surface area contributed by atoms with E-state index in [-0.39, 0.29) is 17.8 Å². The average Bonchev–Trinajstić information content (AvgIpc) is 2.54. The second-order valence-corrected chi connectivity index (χ2v) is 5.18. The first-order chi connectivity index (χ1) is 10.2. The largest absolute Gasteiger partial charge is 0.469 e. The van der Waals surface area contributed by atoms with Crippen LogP contribution >= 0.6 is 0 Å². The van der Waals surface area contributed by atoms with Gasteiger partial charge in [0.1, 0.15) is 0 Å². The van der Waals surface area contributed by atoms with Gasteiger partial charge in [-0.05, 0) is 24.5 Å². The first kappa shape index (κ1) is 15.5. The van der Waals surface area contributed by atoms with Crippen LogP contribution in [0.3, 0.4) is 0 Å². The van der Waals surface area contributed by atoms with Crippen LogP contribution in [-0.2, 0) is 20.9 Å². The molecule has 1 aliphatic rings. The Morgan fingerprint density at radius 2 is 1.86 bits per heavy atom. The Hall–Kier alpha value is -1.88. The molecular weight excluding hydrogens is 270 g/mol. The highest BCUT2D eigenvalue weighted by atomic mass is 16.5. The fraction of sp³-hybridized carbons (Fsp3) is 0.500. The first-order valence-corrected chi connectivity index (χ1v) is 7.11. The van der Waals surface area contributed by atoms with E-state index in [0.717, 1.165) is 5.56 Å². The molecule has 1 aromatic rings. The lowest BCUT2D eigenvalue weighted by Crippen LogP contribution is -2.40. The average molecular weight is 291 g/mol. The van der Waals surface area contributed by atoms with Gasteiger partial charge in [-0.3, -0.25) is 9.59 Å². The number of carbonyl (C=O) groups excluding carboxylic acids is 2. The Morgan fingerprint density at radius 3 is 2.48 bits per heavy atom. The number of methoxy groups -OCH3 is 2. The van der Waals surface area contributed by atoms with E-state index < -0.39 is 0 Å². The highest BCUT2D eigenvalue weighted by Crippen LogP contribution is 2.21. The van der Waals surface area contributed by atoms with Crippen molar-refractivity contribution in [3.05, 3.63) is 35.4 Å². The number of ether oxygens (including phenoxy) is 2. The van der Waals surface area contributed by atoms with Gasteiger partial charge in [-0.1, -0.05) is 18.2 Å². The van der Waals surface area contributed by atoms with Crippen LogP contribution in [0, 0.1) is 5.92 Å². The number of amides is 1. The lowest BCUT2D eigenvalue weighted by molar-refractivity contribution is -0.146.